The topological polar surface area (TPSA) is 102 Å². The van der Waals surface area contributed by atoms with Gasteiger partial charge in [-0.2, -0.15) is 0 Å². The van der Waals surface area contributed by atoms with E-state index in [4.69, 9.17) is 0 Å². The quantitative estimate of drug-likeness (QED) is 0.782. The number of amides is 2. The minimum Gasteiger partial charge on any atom is -0.354 e. The van der Waals surface area contributed by atoms with E-state index in [1.807, 2.05) is 18.2 Å². The van der Waals surface area contributed by atoms with Gasteiger partial charge in [0.05, 0.1) is 6.20 Å². The molecule has 8 nitrogen and oxygen atoms in total. The molecule has 0 bridgehead atoms. The zero-order valence-corrected chi connectivity index (χ0v) is 13.3. The van der Waals surface area contributed by atoms with Crippen LogP contribution in [0.3, 0.4) is 0 Å². The highest BCUT2D eigenvalue weighted by atomic mass is 16.2. The molecule has 8 heteroatoms. The molecule has 0 unspecified atom stereocenters. The van der Waals surface area contributed by atoms with Crippen molar-refractivity contribution in [1.82, 2.24) is 25.3 Å². The van der Waals surface area contributed by atoms with E-state index in [1.54, 1.807) is 12.4 Å². The summed E-state index contributed by atoms with van der Waals surface area (Å²) in [6.45, 7) is 0.574. The fourth-order valence-corrected chi connectivity index (χ4v) is 2.41. The van der Waals surface area contributed by atoms with E-state index in [0.29, 0.717) is 18.8 Å². The lowest BCUT2D eigenvalue weighted by Gasteiger charge is -2.23. The van der Waals surface area contributed by atoms with Crippen LogP contribution in [0.1, 0.15) is 25.0 Å². The van der Waals surface area contributed by atoms with Crippen molar-refractivity contribution in [3.8, 4) is 0 Å². The molecule has 126 valence electrons. The van der Waals surface area contributed by atoms with Crippen molar-refractivity contribution in [2.45, 2.75) is 32.2 Å². The van der Waals surface area contributed by atoms with Crippen molar-refractivity contribution in [2.75, 3.05) is 11.9 Å². The lowest BCUT2D eigenvalue weighted by atomic mass is 9.85. The molecule has 0 aliphatic heterocycles. The van der Waals surface area contributed by atoms with Gasteiger partial charge in [-0.25, -0.2) is 4.68 Å². The minimum atomic E-state index is -0.160. The van der Waals surface area contributed by atoms with Gasteiger partial charge >= 0.3 is 0 Å². The Kier molecular flexibility index (Phi) is 5.15. The first-order chi connectivity index (χ1) is 11.7. The molecule has 2 amide bonds. The maximum atomic E-state index is 11.9. The van der Waals surface area contributed by atoms with Crippen LogP contribution in [0.4, 0.5) is 5.82 Å². The number of aromatic nitrogens is 4. The van der Waals surface area contributed by atoms with Crippen LogP contribution in [-0.2, 0) is 22.6 Å². The third kappa shape index (κ3) is 4.37. The van der Waals surface area contributed by atoms with Gasteiger partial charge in [-0.3, -0.25) is 14.6 Å². The van der Waals surface area contributed by atoms with Crippen LogP contribution in [0.2, 0.25) is 0 Å². The van der Waals surface area contributed by atoms with Crippen LogP contribution >= 0.6 is 0 Å². The molecule has 0 aromatic carbocycles. The van der Waals surface area contributed by atoms with Crippen molar-refractivity contribution >= 4 is 17.6 Å². The molecule has 2 N–H and O–H groups in total. The van der Waals surface area contributed by atoms with Gasteiger partial charge in [-0.05, 0) is 25.0 Å². The number of hydrogen-bond acceptors (Lipinski definition) is 5. The SMILES string of the molecule is O=C(Cn1cc(NC(=O)C2CCC2)nn1)NCCc1ccccn1. The van der Waals surface area contributed by atoms with Crippen molar-refractivity contribution < 1.29 is 9.59 Å². The van der Waals surface area contributed by atoms with E-state index in [9.17, 15) is 9.59 Å². The number of nitrogens with zero attached hydrogens (tertiary/aromatic N) is 4. The molecular weight excluding hydrogens is 308 g/mol. The van der Waals surface area contributed by atoms with Gasteiger partial charge in [0.1, 0.15) is 6.54 Å². The molecule has 2 heterocycles. The molecule has 3 rings (SSSR count). The highest BCUT2D eigenvalue weighted by molar-refractivity contribution is 5.92. The first kappa shape index (κ1) is 16.1. The first-order valence-electron chi connectivity index (χ1n) is 8.08. The number of anilines is 1. The monoisotopic (exact) mass is 328 g/mol. The number of carbonyl (C=O) groups excluding carboxylic acids is 2. The second-order valence-corrected chi connectivity index (χ2v) is 5.84. The number of nitrogens with one attached hydrogen (secondary N) is 2. The maximum Gasteiger partial charge on any atom is 0.241 e. The number of carbonyl (C=O) groups is 2. The predicted molar refractivity (Wildman–Crippen MR) is 86.9 cm³/mol. The van der Waals surface area contributed by atoms with E-state index in [0.717, 1.165) is 25.0 Å². The highest BCUT2D eigenvalue weighted by Gasteiger charge is 2.25. The van der Waals surface area contributed by atoms with Crippen LogP contribution in [0, 0.1) is 5.92 Å². The second kappa shape index (κ2) is 7.67. The second-order valence-electron chi connectivity index (χ2n) is 5.84. The summed E-state index contributed by atoms with van der Waals surface area (Å²) in [4.78, 5) is 27.9. The summed E-state index contributed by atoms with van der Waals surface area (Å²) >= 11 is 0. The van der Waals surface area contributed by atoms with Crippen LogP contribution in [0.25, 0.3) is 0 Å². The molecule has 0 saturated heterocycles. The summed E-state index contributed by atoms with van der Waals surface area (Å²) in [6.07, 6.45) is 6.92. The van der Waals surface area contributed by atoms with Crippen LogP contribution < -0.4 is 10.6 Å². The molecular formula is C16H20N6O2. The average molecular weight is 328 g/mol. The standard InChI is InChI=1S/C16H20N6O2/c23-15(18-9-7-13-6-1-2-8-17-13)11-22-10-14(20-21-22)19-16(24)12-4-3-5-12/h1-2,6,8,10,12H,3-5,7,9,11H2,(H,18,23)(H,19,24). The van der Waals surface area contributed by atoms with E-state index in [2.05, 4.69) is 25.9 Å². The third-order valence-corrected chi connectivity index (χ3v) is 4.00. The summed E-state index contributed by atoms with van der Waals surface area (Å²) in [5, 5.41) is 13.3. The van der Waals surface area contributed by atoms with Gasteiger partial charge < -0.3 is 10.6 Å². The Morgan fingerprint density at radius 1 is 1.29 bits per heavy atom. The molecule has 1 aliphatic carbocycles. The van der Waals surface area contributed by atoms with Crippen molar-refractivity contribution in [3.05, 3.63) is 36.3 Å². The molecule has 24 heavy (non-hydrogen) atoms. The third-order valence-electron chi connectivity index (χ3n) is 4.00. The summed E-state index contributed by atoms with van der Waals surface area (Å²) in [5.74, 6) is 0.291. The van der Waals surface area contributed by atoms with E-state index < -0.39 is 0 Å². The van der Waals surface area contributed by atoms with Crippen molar-refractivity contribution in [1.29, 1.82) is 0 Å². The number of rotatable bonds is 7. The molecule has 2 aromatic heterocycles. The summed E-state index contributed by atoms with van der Waals surface area (Å²) < 4.78 is 1.41. The normalized spacial score (nSPS) is 14.0. The van der Waals surface area contributed by atoms with E-state index in [-0.39, 0.29) is 24.3 Å². The Hall–Kier alpha value is -2.77. The van der Waals surface area contributed by atoms with Crippen LogP contribution in [0.5, 0.6) is 0 Å². The number of hydrogen-bond donors (Lipinski definition) is 2. The Morgan fingerprint density at radius 3 is 2.88 bits per heavy atom. The van der Waals surface area contributed by atoms with Gasteiger partial charge in [0.25, 0.3) is 0 Å². The lowest BCUT2D eigenvalue weighted by molar-refractivity contribution is -0.122. The van der Waals surface area contributed by atoms with E-state index >= 15 is 0 Å². The molecule has 0 spiro atoms. The fourth-order valence-electron chi connectivity index (χ4n) is 2.41. The van der Waals surface area contributed by atoms with Gasteiger partial charge in [0.2, 0.25) is 11.8 Å². The maximum absolute atomic E-state index is 11.9. The Labute approximate surface area is 139 Å². The van der Waals surface area contributed by atoms with Crippen LogP contribution in [0.15, 0.2) is 30.6 Å². The molecule has 0 atom stereocenters. The van der Waals surface area contributed by atoms with Gasteiger partial charge in [-0.15, -0.1) is 5.10 Å². The van der Waals surface area contributed by atoms with Gasteiger partial charge in [0, 0.05) is 30.8 Å². The minimum absolute atomic E-state index is 0.0203. The Morgan fingerprint density at radius 2 is 2.17 bits per heavy atom. The Bertz CT molecular complexity index is 696. The molecule has 0 radical (unpaired) electrons. The van der Waals surface area contributed by atoms with Crippen molar-refractivity contribution in [3.63, 3.8) is 0 Å². The van der Waals surface area contributed by atoms with Crippen LogP contribution in [-0.4, -0.2) is 38.3 Å². The first-order valence-corrected chi connectivity index (χ1v) is 8.08. The molecule has 1 fully saturated rings. The summed E-state index contributed by atoms with van der Waals surface area (Å²) in [7, 11) is 0. The summed E-state index contributed by atoms with van der Waals surface area (Å²) in [5.41, 5.74) is 0.930. The van der Waals surface area contributed by atoms with Gasteiger partial charge in [-0.1, -0.05) is 17.7 Å². The fraction of sp³-hybridized carbons (Fsp3) is 0.438. The van der Waals surface area contributed by atoms with E-state index in [1.165, 1.54) is 4.68 Å². The van der Waals surface area contributed by atoms with Gasteiger partial charge in [0.15, 0.2) is 5.82 Å². The highest BCUT2D eigenvalue weighted by Crippen LogP contribution is 2.27. The molecule has 1 aliphatic rings. The zero-order chi connectivity index (χ0) is 16.8. The predicted octanol–water partition coefficient (Wildman–Crippen LogP) is 0.771. The molecule has 1 saturated carbocycles. The van der Waals surface area contributed by atoms with Crippen molar-refractivity contribution in [2.24, 2.45) is 5.92 Å². The smallest absolute Gasteiger partial charge is 0.241 e. The molecule has 2 aromatic rings. The zero-order valence-electron chi connectivity index (χ0n) is 13.3. The lowest BCUT2D eigenvalue weighted by Crippen LogP contribution is -2.29. The number of pyridine rings is 1. The summed E-state index contributed by atoms with van der Waals surface area (Å²) in [6, 6.07) is 5.69. The largest absolute Gasteiger partial charge is 0.354 e. The Balaban J connectivity index is 1.40. The average Bonchev–Trinajstić information content (AvgIpc) is 2.93.